The summed E-state index contributed by atoms with van der Waals surface area (Å²) in [5.41, 5.74) is 3.39. The topological polar surface area (TPSA) is 85.1 Å². The van der Waals surface area contributed by atoms with E-state index in [2.05, 4.69) is 25.4 Å². The lowest BCUT2D eigenvalue weighted by Gasteiger charge is -2.10. The minimum atomic E-state index is -0.0711. The molecular weight excluding hydrogens is 324 g/mol. The van der Waals surface area contributed by atoms with E-state index >= 15 is 0 Å². The Labute approximate surface area is 143 Å². The van der Waals surface area contributed by atoms with E-state index in [1.165, 1.54) is 11.8 Å². The van der Waals surface area contributed by atoms with E-state index in [4.69, 9.17) is 0 Å². The number of rotatable bonds is 5. The highest BCUT2D eigenvalue weighted by Crippen LogP contribution is 2.17. The Morgan fingerprint density at radius 3 is 2.83 bits per heavy atom. The van der Waals surface area contributed by atoms with Crippen LogP contribution in [0.5, 0.6) is 0 Å². The number of carbonyl (C=O) groups excluding carboxylic acids is 1. The molecule has 3 rings (SSSR count). The summed E-state index contributed by atoms with van der Waals surface area (Å²) >= 11 is 1.47. The third-order valence-electron chi connectivity index (χ3n) is 3.74. The average Bonchev–Trinajstić information content (AvgIpc) is 3.01. The Bertz CT molecular complexity index is 877. The van der Waals surface area contributed by atoms with E-state index in [9.17, 15) is 4.79 Å². The van der Waals surface area contributed by atoms with Gasteiger partial charge in [-0.15, -0.1) is 5.10 Å². The van der Waals surface area contributed by atoms with Crippen LogP contribution in [0.3, 0.4) is 0 Å². The molecule has 0 unspecified atom stereocenters. The van der Waals surface area contributed by atoms with Crippen molar-refractivity contribution in [1.82, 2.24) is 29.9 Å². The molecule has 0 radical (unpaired) electrons. The summed E-state index contributed by atoms with van der Waals surface area (Å²) in [5, 5.41) is 7.95. The standard InChI is InChI=1S/C16H18N6OS/c1-10-13(8-14(23)18-9-12-6-4-5-7-17-12)11(2)22-15(19-10)20-16(21-22)24-3/h4-7H,8-9H2,1-3H3,(H,18,23). The summed E-state index contributed by atoms with van der Waals surface area (Å²) < 4.78 is 1.69. The average molecular weight is 342 g/mol. The van der Waals surface area contributed by atoms with Crippen LogP contribution < -0.4 is 5.32 Å². The van der Waals surface area contributed by atoms with Gasteiger partial charge in [0, 0.05) is 23.1 Å². The molecule has 0 fully saturated rings. The van der Waals surface area contributed by atoms with Crippen molar-refractivity contribution in [2.75, 3.05) is 6.26 Å². The predicted molar refractivity (Wildman–Crippen MR) is 91.8 cm³/mol. The molecule has 1 N–H and O–H groups in total. The van der Waals surface area contributed by atoms with Gasteiger partial charge in [-0.2, -0.15) is 4.98 Å². The summed E-state index contributed by atoms with van der Waals surface area (Å²) in [5.74, 6) is 0.491. The maximum atomic E-state index is 12.3. The van der Waals surface area contributed by atoms with Crippen LogP contribution in [0.25, 0.3) is 5.78 Å². The lowest BCUT2D eigenvalue weighted by Crippen LogP contribution is -2.26. The zero-order chi connectivity index (χ0) is 17.1. The number of hydrogen-bond donors (Lipinski definition) is 1. The van der Waals surface area contributed by atoms with Gasteiger partial charge in [-0.05, 0) is 32.2 Å². The third-order valence-corrected chi connectivity index (χ3v) is 4.28. The van der Waals surface area contributed by atoms with Gasteiger partial charge in [0.1, 0.15) is 0 Å². The van der Waals surface area contributed by atoms with Crippen LogP contribution in [0.1, 0.15) is 22.6 Å². The van der Waals surface area contributed by atoms with E-state index in [-0.39, 0.29) is 12.3 Å². The number of amides is 1. The quantitative estimate of drug-likeness (QED) is 0.711. The number of aromatic nitrogens is 5. The second-order valence-electron chi connectivity index (χ2n) is 5.35. The molecule has 24 heavy (non-hydrogen) atoms. The zero-order valence-electron chi connectivity index (χ0n) is 13.8. The molecule has 124 valence electrons. The summed E-state index contributed by atoms with van der Waals surface area (Å²) in [4.78, 5) is 25.3. The van der Waals surface area contributed by atoms with E-state index in [1.807, 2.05) is 38.3 Å². The molecule has 7 nitrogen and oxygen atoms in total. The Kier molecular flexibility index (Phi) is 4.75. The van der Waals surface area contributed by atoms with Crippen LogP contribution in [0.15, 0.2) is 29.6 Å². The highest BCUT2D eigenvalue weighted by molar-refractivity contribution is 7.98. The van der Waals surface area contributed by atoms with Crippen LogP contribution in [0.2, 0.25) is 0 Å². The van der Waals surface area contributed by atoms with E-state index in [1.54, 1.807) is 10.7 Å². The van der Waals surface area contributed by atoms with E-state index < -0.39 is 0 Å². The van der Waals surface area contributed by atoms with Gasteiger partial charge in [-0.3, -0.25) is 9.78 Å². The summed E-state index contributed by atoms with van der Waals surface area (Å²) in [6, 6.07) is 5.62. The Morgan fingerprint density at radius 1 is 1.29 bits per heavy atom. The molecular formula is C16H18N6OS. The van der Waals surface area contributed by atoms with Crippen molar-refractivity contribution in [3.05, 3.63) is 47.0 Å². The van der Waals surface area contributed by atoms with Gasteiger partial charge >= 0.3 is 0 Å². The van der Waals surface area contributed by atoms with Crippen molar-refractivity contribution in [2.24, 2.45) is 0 Å². The predicted octanol–water partition coefficient (Wildman–Crippen LogP) is 1.72. The fourth-order valence-corrected chi connectivity index (χ4v) is 2.78. The number of pyridine rings is 1. The Balaban J connectivity index is 1.77. The first-order valence-corrected chi connectivity index (χ1v) is 8.74. The molecule has 0 aliphatic heterocycles. The van der Waals surface area contributed by atoms with Crippen LogP contribution in [0.4, 0.5) is 0 Å². The van der Waals surface area contributed by atoms with Crippen molar-refractivity contribution in [3.63, 3.8) is 0 Å². The van der Waals surface area contributed by atoms with Gasteiger partial charge in [0.2, 0.25) is 11.1 Å². The smallest absolute Gasteiger partial charge is 0.253 e. The molecule has 0 aromatic carbocycles. The maximum absolute atomic E-state index is 12.3. The maximum Gasteiger partial charge on any atom is 0.253 e. The van der Waals surface area contributed by atoms with Crippen molar-refractivity contribution in [3.8, 4) is 0 Å². The summed E-state index contributed by atoms with van der Waals surface area (Å²) in [6.45, 7) is 4.23. The first kappa shape index (κ1) is 16.4. The van der Waals surface area contributed by atoms with Crippen molar-refractivity contribution in [2.45, 2.75) is 32.0 Å². The lowest BCUT2D eigenvalue weighted by atomic mass is 10.1. The molecule has 3 heterocycles. The SMILES string of the molecule is CSc1nc2nc(C)c(CC(=O)NCc3ccccn3)c(C)n2n1. The first-order valence-electron chi connectivity index (χ1n) is 7.52. The van der Waals surface area contributed by atoms with Gasteiger partial charge in [0.05, 0.1) is 18.7 Å². The molecule has 0 saturated heterocycles. The lowest BCUT2D eigenvalue weighted by molar-refractivity contribution is -0.120. The molecule has 3 aromatic heterocycles. The van der Waals surface area contributed by atoms with Crippen LogP contribution in [0, 0.1) is 13.8 Å². The molecule has 0 aliphatic carbocycles. The molecule has 0 bridgehead atoms. The molecule has 8 heteroatoms. The van der Waals surface area contributed by atoms with Crippen molar-refractivity contribution in [1.29, 1.82) is 0 Å². The van der Waals surface area contributed by atoms with Gasteiger partial charge in [0.15, 0.2) is 0 Å². The number of fused-ring (bicyclic) bond motifs is 1. The first-order chi connectivity index (χ1) is 11.6. The largest absolute Gasteiger partial charge is 0.350 e. The second-order valence-corrected chi connectivity index (χ2v) is 6.12. The minimum absolute atomic E-state index is 0.0711. The van der Waals surface area contributed by atoms with Gasteiger partial charge in [0.25, 0.3) is 5.78 Å². The molecule has 1 amide bonds. The number of hydrogen-bond acceptors (Lipinski definition) is 6. The highest BCUT2D eigenvalue weighted by atomic mass is 32.2. The third kappa shape index (κ3) is 3.38. The number of aryl methyl sites for hydroxylation is 2. The Hall–Kier alpha value is -2.48. The number of thioether (sulfide) groups is 1. The normalized spacial score (nSPS) is 11.0. The van der Waals surface area contributed by atoms with Crippen molar-refractivity contribution >= 4 is 23.4 Å². The molecule has 3 aromatic rings. The molecule has 0 saturated carbocycles. The summed E-state index contributed by atoms with van der Waals surface area (Å²) in [7, 11) is 0. The minimum Gasteiger partial charge on any atom is -0.350 e. The van der Waals surface area contributed by atoms with Crippen LogP contribution in [-0.2, 0) is 17.8 Å². The molecule has 0 aliphatic rings. The van der Waals surface area contributed by atoms with Crippen LogP contribution in [-0.4, -0.2) is 36.7 Å². The number of nitrogens with one attached hydrogen (secondary N) is 1. The fraction of sp³-hybridized carbons (Fsp3) is 0.312. The summed E-state index contributed by atoms with van der Waals surface area (Å²) in [6.07, 6.45) is 3.88. The van der Waals surface area contributed by atoms with Crippen molar-refractivity contribution < 1.29 is 4.79 Å². The Morgan fingerprint density at radius 2 is 2.12 bits per heavy atom. The number of nitrogens with zero attached hydrogens (tertiary/aromatic N) is 5. The zero-order valence-corrected chi connectivity index (χ0v) is 14.6. The van der Waals surface area contributed by atoms with Gasteiger partial charge in [-0.1, -0.05) is 17.8 Å². The van der Waals surface area contributed by atoms with E-state index in [0.717, 1.165) is 22.6 Å². The monoisotopic (exact) mass is 342 g/mol. The van der Waals surface area contributed by atoms with E-state index in [0.29, 0.717) is 17.5 Å². The highest BCUT2D eigenvalue weighted by Gasteiger charge is 2.15. The van der Waals surface area contributed by atoms with Gasteiger partial charge in [-0.25, -0.2) is 9.50 Å². The van der Waals surface area contributed by atoms with Gasteiger partial charge < -0.3 is 5.32 Å². The molecule has 0 atom stereocenters. The molecule has 0 spiro atoms. The van der Waals surface area contributed by atoms with Crippen LogP contribution >= 0.6 is 11.8 Å². The number of carbonyl (C=O) groups is 1. The second kappa shape index (κ2) is 6.96. The fourth-order valence-electron chi connectivity index (χ4n) is 2.45.